The third-order valence-corrected chi connectivity index (χ3v) is 8.59. The highest BCUT2D eigenvalue weighted by atomic mass is 19.4. The number of aliphatic hydroxyl groups is 1. The van der Waals surface area contributed by atoms with Gasteiger partial charge in [0, 0.05) is 5.57 Å². The summed E-state index contributed by atoms with van der Waals surface area (Å²) in [7, 11) is 0. The summed E-state index contributed by atoms with van der Waals surface area (Å²) in [6, 6.07) is 0. The monoisotopic (exact) mass is 366 g/mol. The minimum Gasteiger partial charge on any atom is -0.504 e. The molecule has 4 aliphatic carbocycles. The fraction of sp³-hybridized carbons (Fsp3) is 0.727. The van der Waals surface area contributed by atoms with Crippen LogP contribution in [0.15, 0.2) is 35.1 Å². The molecule has 0 spiro atoms. The molecule has 0 radical (unpaired) electrons. The number of fused-ring (bicyclic) bond motifs is 5. The first-order valence-electron chi connectivity index (χ1n) is 9.95. The molecule has 2 saturated carbocycles. The van der Waals surface area contributed by atoms with Crippen molar-refractivity contribution in [2.45, 2.75) is 65.5 Å². The molecule has 0 amide bonds. The van der Waals surface area contributed by atoms with E-state index in [1.54, 1.807) is 0 Å². The van der Waals surface area contributed by atoms with Gasteiger partial charge in [-0.3, -0.25) is 0 Å². The molecule has 4 heteroatoms. The fourth-order valence-corrected chi connectivity index (χ4v) is 6.86. The van der Waals surface area contributed by atoms with Gasteiger partial charge in [-0.25, -0.2) is 0 Å². The van der Waals surface area contributed by atoms with Crippen molar-refractivity contribution in [3.05, 3.63) is 35.1 Å². The quantitative estimate of drug-likeness (QED) is 0.471. The van der Waals surface area contributed by atoms with E-state index in [1.165, 1.54) is 30.9 Å². The molecule has 4 aliphatic rings. The molecule has 1 nitrogen and oxygen atoms in total. The molecule has 144 valence electrons. The molecule has 4 rings (SSSR count). The highest BCUT2D eigenvalue weighted by molar-refractivity contribution is 5.43. The van der Waals surface area contributed by atoms with Crippen molar-refractivity contribution in [2.24, 2.45) is 34.5 Å². The maximum absolute atomic E-state index is 13.0. The molecule has 26 heavy (non-hydrogen) atoms. The topological polar surface area (TPSA) is 20.2 Å². The average molecular weight is 366 g/mol. The number of hydrogen-bond acceptors (Lipinski definition) is 1. The first-order chi connectivity index (χ1) is 12.1. The van der Waals surface area contributed by atoms with Crippen molar-refractivity contribution in [3.63, 3.8) is 0 Å². The third kappa shape index (κ3) is 2.43. The van der Waals surface area contributed by atoms with E-state index in [9.17, 15) is 18.3 Å². The zero-order valence-corrected chi connectivity index (χ0v) is 15.9. The SMILES string of the molecule is C[C@@H]1CC[C@H]2[C@@H]3CC=C4C=CC(=C(O)C(F)(F)F)C[C@]4(C)[C@H]3CC[C@]12C. The molecule has 0 saturated heterocycles. The van der Waals surface area contributed by atoms with Crippen molar-refractivity contribution in [3.8, 4) is 0 Å². The summed E-state index contributed by atoms with van der Waals surface area (Å²) >= 11 is 0. The Hall–Kier alpha value is -1.19. The second kappa shape index (κ2) is 5.65. The Balaban J connectivity index is 1.71. The summed E-state index contributed by atoms with van der Waals surface area (Å²) in [5.41, 5.74) is 1.32. The number of alkyl halides is 3. The Bertz CT molecular complexity index is 701. The number of hydrogen-bond donors (Lipinski definition) is 1. The van der Waals surface area contributed by atoms with Gasteiger partial charge in [0.05, 0.1) is 0 Å². The summed E-state index contributed by atoms with van der Waals surface area (Å²) in [6.45, 7) is 6.94. The van der Waals surface area contributed by atoms with Gasteiger partial charge in [-0.05, 0) is 78.6 Å². The van der Waals surface area contributed by atoms with Crippen LogP contribution in [0.25, 0.3) is 0 Å². The van der Waals surface area contributed by atoms with Crippen LogP contribution in [0.1, 0.15) is 59.3 Å². The predicted molar refractivity (Wildman–Crippen MR) is 96.5 cm³/mol. The van der Waals surface area contributed by atoms with E-state index in [2.05, 4.69) is 26.8 Å². The van der Waals surface area contributed by atoms with Crippen molar-refractivity contribution < 1.29 is 18.3 Å². The smallest absolute Gasteiger partial charge is 0.448 e. The molecule has 0 bridgehead atoms. The van der Waals surface area contributed by atoms with E-state index in [-0.39, 0.29) is 11.0 Å². The maximum atomic E-state index is 13.0. The lowest BCUT2D eigenvalue weighted by molar-refractivity contribution is -0.122. The highest BCUT2D eigenvalue weighted by Gasteiger charge is 2.57. The number of rotatable bonds is 0. The Morgan fingerprint density at radius 3 is 2.54 bits per heavy atom. The number of aliphatic hydroxyl groups excluding tert-OH is 1. The van der Waals surface area contributed by atoms with Crippen LogP contribution in [-0.4, -0.2) is 11.3 Å². The van der Waals surface area contributed by atoms with E-state index in [0.717, 1.165) is 18.8 Å². The van der Waals surface area contributed by atoms with Crippen molar-refractivity contribution in [2.75, 3.05) is 0 Å². The number of allylic oxidation sites excluding steroid dienone is 6. The lowest BCUT2D eigenvalue weighted by Crippen LogP contribution is -2.49. The van der Waals surface area contributed by atoms with Gasteiger partial charge in [0.2, 0.25) is 5.76 Å². The summed E-state index contributed by atoms with van der Waals surface area (Å²) < 4.78 is 39.1. The van der Waals surface area contributed by atoms with Crippen LogP contribution in [0, 0.1) is 34.5 Å². The zero-order valence-electron chi connectivity index (χ0n) is 15.9. The lowest BCUT2D eigenvalue weighted by atomic mass is 9.48. The molecule has 1 N–H and O–H groups in total. The summed E-state index contributed by atoms with van der Waals surface area (Å²) in [5.74, 6) is 0.981. The van der Waals surface area contributed by atoms with Crippen LogP contribution < -0.4 is 0 Å². The molecule has 6 atom stereocenters. The minimum atomic E-state index is -4.67. The van der Waals surface area contributed by atoms with Crippen molar-refractivity contribution in [1.82, 2.24) is 0 Å². The van der Waals surface area contributed by atoms with Gasteiger partial charge in [0.1, 0.15) is 0 Å². The van der Waals surface area contributed by atoms with E-state index in [1.807, 2.05) is 6.08 Å². The van der Waals surface area contributed by atoms with E-state index < -0.39 is 11.9 Å². The van der Waals surface area contributed by atoms with E-state index in [4.69, 9.17) is 0 Å². The van der Waals surface area contributed by atoms with Gasteiger partial charge >= 0.3 is 6.18 Å². The Kier molecular flexibility index (Phi) is 3.95. The van der Waals surface area contributed by atoms with Gasteiger partial charge in [0.15, 0.2) is 0 Å². The van der Waals surface area contributed by atoms with Gasteiger partial charge in [-0.15, -0.1) is 0 Å². The molecule has 0 unspecified atom stereocenters. The molecule has 0 aromatic heterocycles. The first-order valence-corrected chi connectivity index (χ1v) is 9.95. The largest absolute Gasteiger partial charge is 0.504 e. The fourth-order valence-electron chi connectivity index (χ4n) is 6.86. The summed E-state index contributed by atoms with van der Waals surface area (Å²) in [6.07, 6.45) is 7.04. The minimum absolute atomic E-state index is 0.0472. The van der Waals surface area contributed by atoms with Gasteiger partial charge in [-0.1, -0.05) is 39.0 Å². The summed E-state index contributed by atoms with van der Waals surface area (Å²) in [5, 5.41) is 9.72. The molecule has 0 aromatic carbocycles. The highest BCUT2D eigenvalue weighted by Crippen LogP contribution is 2.66. The van der Waals surface area contributed by atoms with Crippen molar-refractivity contribution >= 4 is 0 Å². The molecular weight excluding hydrogens is 337 g/mol. The molecule has 0 aliphatic heterocycles. The Morgan fingerprint density at radius 1 is 1.12 bits per heavy atom. The average Bonchev–Trinajstić information content (AvgIpc) is 2.87. The van der Waals surface area contributed by atoms with Crippen LogP contribution >= 0.6 is 0 Å². The van der Waals surface area contributed by atoms with Gasteiger partial charge in [0.25, 0.3) is 0 Å². The Morgan fingerprint density at radius 2 is 1.85 bits per heavy atom. The normalized spacial score (nSPS) is 46.9. The van der Waals surface area contributed by atoms with Crippen LogP contribution in [0.2, 0.25) is 0 Å². The van der Waals surface area contributed by atoms with Crippen LogP contribution in [0.5, 0.6) is 0 Å². The second-order valence-electron chi connectivity index (χ2n) is 9.59. The Labute approximate surface area is 154 Å². The first kappa shape index (κ1) is 18.2. The molecule has 2 fully saturated rings. The van der Waals surface area contributed by atoms with E-state index >= 15 is 0 Å². The van der Waals surface area contributed by atoms with Crippen LogP contribution in [-0.2, 0) is 0 Å². The molecular formula is C22H29F3O. The summed E-state index contributed by atoms with van der Waals surface area (Å²) in [4.78, 5) is 0. The molecule has 0 heterocycles. The van der Waals surface area contributed by atoms with Gasteiger partial charge < -0.3 is 5.11 Å². The van der Waals surface area contributed by atoms with E-state index in [0.29, 0.717) is 29.6 Å². The number of halogens is 3. The van der Waals surface area contributed by atoms with Crippen LogP contribution in [0.4, 0.5) is 13.2 Å². The van der Waals surface area contributed by atoms with Crippen molar-refractivity contribution in [1.29, 1.82) is 0 Å². The lowest BCUT2D eigenvalue weighted by Gasteiger charge is -2.57. The van der Waals surface area contributed by atoms with Crippen LogP contribution in [0.3, 0.4) is 0 Å². The molecule has 0 aromatic rings. The third-order valence-electron chi connectivity index (χ3n) is 8.59. The maximum Gasteiger partial charge on any atom is 0.448 e. The van der Waals surface area contributed by atoms with Gasteiger partial charge in [-0.2, -0.15) is 13.2 Å². The predicted octanol–water partition coefficient (Wildman–Crippen LogP) is 6.74. The second-order valence-corrected chi connectivity index (χ2v) is 9.59. The zero-order chi connectivity index (χ0) is 18.9. The standard InChI is InChI=1S/C22H29F3O/c1-13-4-9-17-16-8-7-15-6-5-14(19(26)22(23,24)25)12-21(15,3)18(16)10-11-20(13,17)2/h5-7,13,16-18,26H,4,8-12H2,1-3H3/t13-,16+,17+,18+,20-,21+/m1/s1.